The van der Waals surface area contributed by atoms with E-state index in [1.807, 2.05) is 13.8 Å². The van der Waals surface area contributed by atoms with Gasteiger partial charge in [0.25, 0.3) is 0 Å². The fourth-order valence-corrected chi connectivity index (χ4v) is 1.58. The van der Waals surface area contributed by atoms with Crippen molar-refractivity contribution in [1.29, 1.82) is 0 Å². The van der Waals surface area contributed by atoms with E-state index < -0.39 is 6.10 Å². The van der Waals surface area contributed by atoms with Crippen LogP contribution in [-0.2, 0) is 0 Å². The van der Waals surface area contributed by atoms with Gasteiger partial charge in [-0.3, -0.25) is 0 Å². The van der Waals surface area contributed by atoms with Crippen molar-refractivity contribution in [2.75, 3.05) is 6.61 Å². The molecule has 0 radical (unpaired) electrons. The van der Waals surface area contributed by atoms with Gasteiger partial charge in [0.05, 0.1) is 18.4 Å². The molecule has 0 saturated heterocycles. The topological polar surface area (TPSA) is 55.2 Å². The van der Waals surface area contributed by atoms with Crippen LogP contribution in [0, 0.1) is 0 Å². The van der Waals surface area contributed by atoms with Gasteiger partial charge in [-0.2, -0.15) is 0 Å². The highest BCUT2D eigenvalue weighted by Gasteiger charge is 2.17. The third-order valence-electron chi connectivity index (χ3n) is 2.36. The Morgan fingerprint density at radius 3 is 2.67 bits per heavy atom. The van der Waals surface area contributed by atoms with Crippen LogP contribution in [0.1, 0.15) is 38.8 Å². The quantitative estimate of drug-likeness (QED) is 0.804. The first-order valence-electron chi connectivity index (χ1n) is 5.31. The molecule has 84 valence electrons. The minimum absolute atomic E-state index is 0.0483. The minimum atomic E-state index is -0.403. The SMILES string of the molecule is CCOc1cc(C(CC)C(C)O)ncn1. The Kier molecular flexibility index (Phi) is 4.49. The first-order chi connectivity index (χ1) is 7.19. The summed E-state index contributed by atoms with van der Waals surface area (Å²) >= 11 is 0. The Bertz CT molecular complexity index is 302. The van der Waals surface area contributed by atoms with Gasteiger partial charge in [-0.25, -0.2) is 9.97 Å². The van der Waals surface area contributed by atoms with Gasteiger partial charge in [0, 0.05) is 12.0 Å². The Morgan fingerprint density at radius 2 is 2.13 bits per heavy atom. The van der Waals surface area contributed by atoms with E-state index in [4.69, 9.17) is 4.74 Å². The molecule has 0 spiro atoms. The van der Waals surface area contributed by atoms with Crippen LogP contribution in [0.4, 0.5) is 0 Å². The summed E-state index contributed by atoms with van der Waals surface area (Å²) < 4.78 is 5.29. The Labute approximate surface area is 90.3 Å². The molecule has 2 atom stereocenters. The second-order valence-electron chi connectivity index (χ2n) is 3.47. The number of nitrogens with zero attached hydrogens (tertiary/aromatic N) is 2. The van der Waals surface area contributed by atoms with Gasteiger partial charge in [0.1, 0.15) is 6.33 Å². The maximum atomic E-state index is 9.59. The molecule has 0 aliphatic rings. The van der Waals surface area contributed by atoms with Gasteiger partial charge in [-0.1, -0.05) is 6.92 Å². The molecule has 4 nitrogen and oxygen atoms in total. The molecule has 1 rings (SSSR count). The third-order valence-corrected chi connectivity index (χ3v) is 2.36. The zero-order valence-electron chi connectivity index (χ0n) is 9.47. The van der Waals surface area contributed by atoms with E-state index in [2.05, 4.69) is 9.97 Å². The average Bonchev–Trinajstić information content (AvgIpc) is 2.19. The van der Waals surface area contributed by atoms with Crippen molar-refractivity contribution >= 4 is 0 Å². The van der Waals surface area contributed by atoms with Crippen LogP contribution in [-0.4, -0.2) is 27.8 Å². The largest absolute Gasteiger partial charge is 0.478 e. The van der Waals surface area contributed by atoms with E-state index in [0.717, 1.165) is 12.1 Å². The van der Waals surface area contributed by atoms with Gasteiger partial charge < -0.3 is 9.84 Å². The van der Waals surface area contributed by atoms with Crippen LogP contribution in [0.2, 0.25) is 0 Å². The second-order valence-corrected chi connectivity index (χ2v) is 3.47. The summed E-state index contributed by atoms with van der Waals surface area (Å²) in [4.78, 5) is 8.15. The van der Waals surface area contributed by atoms with E-state index in [9.17, 15) is 5.11 Å². The maximum absolute atomic E-state index is 9.59. The van der Waals surface area contributed by atoms with E-state index in [1.54, 1.807) is 13.0 Å². The van der Waals surface area contributed by atoms with Gasteiger partial charge >= 0.3 is 0 Å². The lowest BCUT2D eigenvalue weighted by molar-refractivity contribution is 0.157. The summed E-state index contributed by atoms with van der Waals surface area (Å²) in [6, 6.07) is 1.80. The standard InChI is InChI=1S/C11H18N2O2/c1-4-9(8(3)14)10-6-11(15-5-2)13-7-12-10/h6-9,14H,4-5H2,1-3H3. The molecule has 0 bridgehead atoms. The molecule has 1 aromatic heterocycles. The zero-order chi connectivity index (χ0) is 11.3. The Morgan fingerprint density at radius 1 is 1.40 bits per heavy atom. The van der Waals surface area contributed by atoms with Gasteiger partial charge in [-0.05, 0) is 20.3 Å². The molecule has 1 heterocycles. The van der Waals surface area contributed by atoms with E-state index in [-0.39, 0.29) is 5.92 Å². The highest BCUT2D eigenvalue weighted by molar-refractivity contribution is 5.17. The maximum Gasteiger partial charge on any atom is 0.216 e. The third kappa shape index (κ3) is 3.16. The molecule has 2 unspecified atom stereocenters. The van der Waals surface area contributed by atoms with E-state index in [0.29, 0.717) is 12.5 Å². The second kappa shape index (κ2) is 5.66. The smallest absolute Gasteiger partial charge is 0.216 e. The molecular weight excluding hydrogens is 192 g/mol. The lowest BCUT2D eigenvalue weighted by Gasteiger charge is -2.17. The zero-order valence-corrected chi connectivity index (χ0v) is 9.47. The monoisotopic (exact) mass is 210 g/mol. The molecule has 0 aliphatic heterocycles. The van der Waals surface area contributed by atoms with Crippen LogP contribution in [0.5, 0.6) is 5.88 Å². The number of aliphatic hydroxyl groups is 1. The molecule has 1 N–H and O–H groups in total. The molecule has 15 heavy (non-hydrogen) atoms. The fraction of sp³-hybridized carbons (Fsp3) is 0.636. The van der Waals surface area contributed by atoms with Crippen molar-refractivity contribution in [3.63, 3.8) is 0 Å². The molecule has 4 heteroatoms. The van der Waals surface area contributed by atoms with Crippen molar-refractivity contribution in [3.8, 4) is 5.88 Å². The number of aromatic nitrogens is 2. The number of aliphatic hydroxyl groups excluding tert-OH is 1. The highest BCUT2D eigenvalue weighted by Crippen LogP contribution is 2.23. The first kappa shape index (κ1) is 11.9. The number of hydrogen-bond acceptors (Lipinski definition) is 4. The fourth-order valence-electron chi connectivity index (χ4n) is 1.58. The van der Waals surface area contributed by atoms with Gasteiger partial charge in [0.2, 0.25) is 5.88 Å². The number of hydrogen-bond donors (Lipinski definition) is 1. The molecule has 0 saturated carbocycles. The van der Waals surface area contributed by atoms with Crippen LogP contribution in [0.25, 0.3) is 0 Å². The molecule has 0 aromatic carbocycles. The summed E-state index contributed by atoms with van der Waals surface area (Å²) in [5, 5.41) is 9.59. The molecular formula is C11H18N2O2. The summed E-state index contributed by atoms with van der Waals surface area (Å²) in [6.45, 7) is 6.30. The van der Waals surface area contributed by atoms with E-state index >= 15 is 0 Å². The van der Waals surface area contributed by atoms with Gasteiger partial charge in [0.15, 0.2) is 0 Å². The number of rotatable bonds is 5. The first-order valence-corrected chi connectivity index (χ1v) is 5.31. The lowest BCUT2D eigenvalue weighted by Crippen LogP contribution is -2.15. The van der Waals surface area contributed by atoms with Crippen molar-refractivity contribution in [2.45, 2.75) is 39.2 Å². The lowest BCUT2D eigenvalue weighted by atomic mass is 9.97. The summed E-state index contributed by atoms with van der Waals surface area (Å²) in [7, 11) is 0. The predicted molar refractivity (Wildman–Crippen MR) is 57.9 cm³/mol. The van der Waals surface area contributed by atoms with Crippen molar-refractivity contribution in [3.05, 3.63) is 18.1 Å². The van der Waals surface area contributed by atoms with Gasteiger partial charge in [-0.15, -0.1) is 0 Å². The predicted octanol–water partition coefficient (Wildman–Crippen LogP) is 1.75. The Balaban J connectivity index is 2.87. The van der Waals surface area contributed by atoms with Crippen molar-refractivity contribution < 1.29 is 9.84 Å². The summed E-state index contributed by atoms with van der Waals surface area (Å²) in [5.41, 5.74) is 0.839. The number of ether oxygens (including phenoxy) is 1. The van der Waals surface area contributed by atoms with Crippen molar-refractivity contribution in [2.24, 2.45) is 0 Å². The van der Waals surface area contributed by atoms with E-state index in [1.165, 1.54) is 6.33 Å². The normalized spacial score (nSPS) is 14.7. The van der Waals surface area contributed by atoms with Crippen molar-refractivity contribution in [1.82, 2.24) is 9.97 Å². The highest BCUT2D eigenvalue weighted by atomic mass is 16.5. The van der Waals surface area contributed by atoms with Crippen LogP contribution >= 0.6 is 0 Å². The summed E-state index contributed by atoms with van der Waals surface area (Å²) in [6.07, 6.45) is 1.92. The van der Waals surface area contributed by atoms with Crippen LogP contribution < -0.4 is 4.74 Å². The Hall–Kier alpha value is -1.16. The molecule has 1 aromatic rings. The minimum Gasteiger partial charge on any atom is -0.478 e. The summed E-state index contributed by atoms with van der Waals surface area (Å²) in [5.74, 6) is 0.619. The molecule has 0 amide bonds. The van der Waals surface area contributed by atoms with Crippen LogP contribution in [0.3, 0.4) is 0 Å². The van der Waals surface area contributed by atoms with Crippen LogP contribution in [0.15, 0.2) is 12.4 Å². The average molecular weight is 210 g/mol. The molecule has 0 aliphatic carbocycles. The molecule has 0 fully saturated rings.